The van der Waals surface area contributed by atoms with Crippen LogP contribution in [-0.2, 0) is 35.3 Å². The van der Waals surface area contributed by atoms with Gasteiger partial charge in [0.05, 0.1) is 6.04 Å². The number of nitrogens with zero attached hydrogens (tertiary/aromatic N) is 3. The van der Waals surface area contributed by atoms with Crippen molar-refractivity contribution in [3.8, 4) is 0 Å². The molecule has 296 valence electrons. The molecule has 2 saturated heterocycles. The molecule has 0 saturated carbocycles. The highest BCUT2D eigenvalue weighted by Gasteiger charge is 2.39. The van der Waals surface area contributed by atoms with Gasteiger partial charge in [0.1, 0.15) is 35.4 Å². The number of nitro groups is 1. The highest BCUT2D eigenvalue weighted by atomic mass is 16.7. The van der Waals surface area contributed by atoms with Gasteiger partial charge in [-0.1, -0.05) is 56.5 Å². The molecule has 2 aliphatic rings. The number of benzene rings is 1. The van der Waals surface area contributed by atoms with Gasteiger partial charge in [0.2, 0.25) is 11.8 Å². The lowest BCUT2D eigenvalue weighted by molar-refractivity contribution is -0.485. The van der Waals surface area contributed by atoms with Crippen molar-refractivity contribution >= 4 is 35.8 Å². The Morgan fingerprint density at radius 2 is 1.75 bits per heavy atom. The lowest BCUT2D eigenvalue weighted by atomic mass is 10.1. The van der Waals surface area contributed by atoms with Gasteiger partial charge in [0, 0.05) is 13.1 Å². The average Bonchev–Trinajstić information content (AvgIpc) is 3.81. The highest BCUT2D eigenvalue weighted by molar-refractivity contribution is 5.92. The zero-order chi connectivity index (χ0) is 39.4. The third-order valence-electron chi connectivity index (χ3n) is 8.27. The van der Waals surface area contributed by atoms with Gasteiger partial charge in [0.15, 0.2) is 5.03 Å². The van der Waals surface area contributed by atoms with Crippen molar-refractivity contribution in [1.29, 1.82) is 0 Å². The minimum atomic E-state index is -1.02. The number of hydrogen-bond acceptors (Lipinski definition) is 10. The van der Waals surface area contributed by atoms with Crippen LogP contribution in [0.3, 0.4) is 0 Å². The molecule has 4 atom stereocenters. The fourth-order valence-corrected chi connectivity index (χ4v) is 5.70. The molecule has 53 heavy (non-hydrogen) atoms. The number of ether oxygens (including phenoxy) is 2. The van der Waals surface area contributed by atoms with Crippen LogP contribution >= 0.6 is 0 Å². The van der Waals surface area contributed by atoms with E-state index >= 15 is 0 Å². The van der Waals surface area contributed by atoms with Gasteiger partial charge < -0.3 is 46.5 Å². The van der Waals surface area contributed by atoms with E-state index in [4.69, 9.17) is 20.3 Å². The van der Waals surface area contributed by atoms with E-state index in [-0.39, 0.29) is 37.5 Å². The van der Waals surface area contributed by atoms with E-state index in [0.717, 1.165) is 44.2 Å². The summed E-state index contributed by atoms with van der Waals surface area (Å²) in [4.78, 5) is 73.3. The first-order valence-corrected chi connectivity index (χ1v) is 18.1. The molecule has 2 fully saturated rings. The number of rotatable bonds is 17. The Balaban J connectivity index is 0.000000482. The summed E-state index contributed by atoms with van der Waals surface area (Å²) in [5.74, 6) is -2.46. The summed E-state index contributed by atoms with van der Waals surface area (Å²) >= 11 is 0. The van der Waals surface area contributed by atoms with Gasteiger partial charge in [-0.2, -0.15) is 0 Å². The Morgan fingerprint density at radius 3 is 2.36 bits per heavy atom. The summed E-state index contributed by atoms with van der Waals surface area (Å²) in [7, 11) is 0. The Hall–Kier alpha value is -5.00. The second kappa shape index (κ2) is 22.8. The molecule has 2 heterocycles. The molecule has 18 heteroatoms. The Labute approximate surface area is 310 Å². The van der Waals surface area contributed by atoms with E-state index in [1.165, 1.54) is 0 Å². The summed E-state index contributed by atoms with van der Waals surface area (Å²) in [5, 5.41) is 32.3. The lowest BCUT2D eigenvalue weighted by Gasteiger charge is -2.28. The second-order valence-electron chi connectivity index (χ2n) is 13.8. The predicted octanol–water partition coefficient (Wildman–Crippen LogP) is 2.38. The number of unbranched alkanes of at least 4 members (excludes halogenated alkanes) is 2. The number of carboxylic acid groups (broad SMARTS) is 1. The topological polar surface area (TPSA) is 257 Å². The molecule has 1 aromatic carbocycles. The molecule has 3 rings (SSSR count). The van der Waals surface area contributed by atoms with Crippen LogP contribution in [0, 0.1) is 10.1 Å². The minimum absolute atomic E-state index is 0.0497. The zero-order valence-corrected chi connectivity index (χ0v) is 31.1. The molecule has 18 nitrogen and oxygen atoms in total. The first-order valence-electron chi connectivity index (χ1n) is 18.1. The van der Waals surface area contributed by atoms with Crippen molar-refractivity contribution in [3.63, 3.8) is 0 Å². The largest absolute Gasteiger partial charge is 0.480 e. The molecule has 7 N–H and O–H groups in total. The molecule has 0 spiro atoms. The quantitative estimate of drug-likeness (QED) is 0.0335. The number of hydrazone groups is 1. The van der Waals surface area contributed by atoms with Crippen LogP contribution in [0.15, 0.2) is 35.4 Å². The number of alkyl carbamates (subject to hydrolysis) is 1. The number of carbonyl (C=O) groups is 5. The maximum absolute atomic E-state index is 13.2. The molecule has 0 bridgehead atoms. The molecule has 0 aliphatic carbocycles. The highest BCUT2D eigenvalue weighted by Crippen LogP contribution is 2.21. The van der Waals surface area contributed by atoms with Crippen molar-refractivity contribution in [2.45, 2.75) is 128 Å². The van der Waals surface area contributed by atoms with Crippen LogP contribution in [0.1, 0.15) is 97.5 Å². The van der Waals surface area contributed by atoms with Crippen molar-refractivity contribution in [3.05, 3.63) is 46.0 Å². The van der Waals surface area contributed by atoms with Crippen molar-refractivity contribution < 1.29 is 43.6 Å². The van der Waals surface area contributed by atoms with E-state index in [9.17, 15) is 34.1 Å². The summed E-state index contributed by atoms with van der Waals surface area (Å²) in [6.07, 6.45) is 5.94. The predicted molar refractivity (Wildman–Crippen MR) is 195 cm³/mol. The maximum atomic E-state index is 13.2. The Morgan fingerprint density at radius 1 is 1.06 bits per heavy atom. The van der Waals surface area contributed by atoms with Crippen LogP contribution in [0.2, 0.25) is 0 Å². The standard InChI is InChI=1S/C23H33N7O6.C12H23NO4/c24-23(28-30(34)35)26-13-5-10-18(22(33)36-15-16-7-2-1-3-8-16)27-20(31)19-11-6-14-29(19)21(32)17-9-4-12-25-17;1-5-6-7-8-9(10(14)15)13-11(16)17-12(2,3)4/h1-3,7-8,17-19,25H,4-6,9-15H2,(H,27,31)(H3,24,26,28);9H,5-8H2,1-4H3,(H,13,16)(H,14,15). The van der Waals surface area contributed by atoms with Gasteiger partial charge in [-0.25, -0.2) is 24.5 Å². The van der Waals surface area contributed by atoms with Crippen LogP contribution in [0.5, 0.6) is 0 Å². The van der Waals surface area contributed by atoms with Crippen molar-refractivity contribution in [2.24, 2.45) is 10.8 Å². The monoisotopic (exact) mass is 748 g/mol. The van der Waals surface area contributed by atoms with Gasteiger partial charge in [-0.15, -0.1) is 0 Å². The third-order valence-corrected chi connectivity index (χ3v) is 8.27. The smallest absolute Gasteiger partial charge is 0.408 e. The molecule has 3 amide bonds. The number of esters is 1. The maximum Gasteiger partial charge on any atom is 0.408 e. The van der Waals surface area contributed by atoms with Gasteiger partial charge in [-0.05, 0) is 77.8 Å². The first kappa shape index (κ1) is 44.2. The second-order valence-corrected chi connectivity index (χ2v) is 13.8. The summed E-state index contributed by atoms with van der Waals surface area (Å²) in [5.41, 5.74) is 5.60. The van der Waals surface area contributed by atoms with Crippen molar-refractivity contribution in [1.82, 2.24) is 26.2 Å². The number of likely N-dealkylation sites (tertiary alicyclic amines) is 1. The Kier molecular flexibility index (Phi) is 19.0. The van der Waals surface area contributed by atoms with Gasteiger partial charge in [-0.3, -0.25) is 9.59 Å². The van der Waals surface area contributed by atoms with Crippen LogP contribution in [0.4, 0.5) is 4.79 Å². The molecule has 2 aliphatic heterocycles. The van der Waals surface area contributed by atoms with Crippen LogP contribution < -0.4 is 27.0 Å². The van der Waals surface area contributed by atoms with E-state index in [1.807, 2.05) is 37.3 Å². The SMILES string of the molecule is CCCCCC(NC(=O)OC(C)(C)C)C(=O)O.NC(=N[N+](=O)[O-])NCCCC(NC(=O)C1CCCN1C(=O)C1CCCN1)C(=O)OCc1ccccc1. The third kappa shape index (κ3) is 17.4. The molecule has 0 aromatic heterocycles. The number of carbonyl (C=O) groups excluding carboxylic acids is 4. The van der Waals surface area contributed by atoms with E-state index in [0.29, 0.717) is 32.2 Å². The van der Waals surface area contributed by atoms with Gasteiger partial charge in [0.25, 0.3) is 5.96 Å². The first-order chi connectivity index (χ1) is 25.1. The van der Waals surface area contributed by atoms with Crippen LogP contribution in [0.25, 0.3) is 0 Å². The van der Waals surface area contributed by atoms with Crippen molar-refractivity contribution in [2.75, 3.05) is 19.6 Å². The number of guanidine groups is 1. The average molecular weight is 749 g/mol. The molecule has 0 radical (unpaired) electrons. The number of hydrogen-bond donors (Lipinski definition) is 6. The molecular formula is C35H56N8O10. The zero-order valence-electron chi connectivity index (χ0n) is 31.1. The van der Waals surface area contributed by atoms with E-state index in [2.05, 4.69) is 26.4 Å². The lowest BCUT2D eigenvalue weighted by Crippen LogP contribution is -2.54. The number of amides is 3. The number of aliphatic carboxylic acids is 1. The summed E-state index contributed by atoms with van der Waals surface area (Å²) in [6, 6.07) is 6.40. The number of nitrogens with one attached hydrogen (secondary N) is 4. The normalized spacial score (nSPS) is 18.1. The minimum Gasteiger partial charge on any atom is -0.480 e. The Bertz CT molecular complexity index is 1380. The fraction of sp³-hybridized carbons (Fsp3) is 0.657. The molecule has 4 unspecified atom stereocenters. The number of nitrogens with two attached hydrogens (primary N) is 1. The molecular weight excluding hydrogens is 692 g/mol. The summed E-state index contributed by atoms with van der Waals surface area (Å²) < 4.78 is 10.4. The molecule has 1 aromatic rings. The number of carboxylic acids is 1. The van der Waals surface area contributed by atoms with Gasteiger partial charge >= 0.3 is 18.0 Å². The summed E-state index contributed by atoms with van der Waals surface area (Å²) in [6.45, 7) is 8.77. The fourth-order valence-electron chi connectivity index (χ4n) is 5.70. The van der Waals surface area contributed by atoms with Crippen LogP contribution in [-0.4, -0.2) is 100 Å². The van der Waals surface area contributed by atoms with E-state index in [1.54, 1.807) is 25.7 Å². The van der Waals surface area contributed by atoms with E-state index < -0.39 is 52.7 Å².